The summed E-state index contributed by atoms with van der Waals surface area (Å²) in [6, 6.07) is 8.70. The van der Waals surface area contributed by atoms with E-state index in [4.69, 9.17) is 0 Å². The maximum absolute atomic E-state index is 12.5. The Morgan fingerprint density at radius 1 is 1.16 bits per heavy atom. The van der Waals surface area contributed by atoms with Crippen LogP contribution in [0.2, 0.25) is 0 Å². The van der Waals surface area contributed by atoms with Gasteiger partial charge in [-0.05, 0) is 52.5 Å². The van der Waals surface area contributed by atoms with Gasteiger partial charge in [-0.25, -0.2) is 12.4 Å². The lowest BCUT2D eigenvalue weighted by atomic mass is 10.1. The summed E-state index contributed by atoms with van der Waals surface area (Å²) in [5.41, 5.74) is 2.02. The van der Waals surface area contributed by atoms with Gasteiger partial charge in [-0.1, -0.05) is 31.5 Å². The van der Waals surface area contributed by atoms with E-state index in [1.54, 1.807) is 30.5 Å². The summed E-state index contributed by atoms with van der Waals surface area (Å²) in [5, 5.41) is 0. The van der Waals surface area contributed by atoms with E-state index < -0.39 is 10.0 Å². The molecule has 0 radical (unpaired) electrons. The standard InChI is InChI=1S/C14H16BrNO2S/c1-10(2)12-8-14(15)16(9-12)19(17,18)13-6-4-11(3)5-7-13/h4-10H,1-3H3. The fraction of sp³-hybridized carbons (Fsp3) is 0.286. The maximum atomic E-state index is 12.5. The van der Waals surface area contributed by atoms with E-state index in [1.807, 2.05) is 26.8 Å². The molecule has 0 spiro atoms. The van der Waals surface area contributed by atoms with Gasteiger partial charge < -0.3 is 0 Å². The zero-order valence-corrected chi connectivity index (χ0v) is 13.5. The average molecular weight is 342 g/mol. The molecule has 0 saturated heterocycles. The first-order valence-electron chi connectivity index (χ1n) is 6.02. The largest absolute Gasteiger partial charge is 0.268 e. The minimum atomic E-state index is -3.53. The van der Waals surface area contributed by atoms with Crippen LogP contribution in [0.4, 0.5) is 0 Å². The SMILES string of the molecule is Cc1ccc(S(=O)(=O)n2cc(C(C)C)cc2Br)cc1. The smallest absolute Gasteiger partial charge is 0.235 e. The third-order valence-electron chi connectivity index (χ3n) is 3.01. The van der Waals surface area contributed by atoms with Crippen molar-refractivity contribution in [1.82, 2.24) is 3.97 Å². The molecule has 0 aliphatic rings. The predicted octanol–water partition coefficient (Wildman–Crippen LogP) is 3.92. The molecule has 0 aliphatic carbocycles. The van der Waals surface area contributed by atoms with Gasteiger partial charge >= 0.3 is 0 Å². The molecule has 0 atom stereocenters. The van der Waals surface area contributed by atoms with Gasteiger partial charge in [-0.2, -0.15) is 0 Å². The lowest BCUT2D eigenvalue weighted by molar-refractivity contribution is 0.586. The lowest BCUT2D eigenvalue weighted by Crippen LogP contribution is -2.12. The molecule has 2 aromatic rings. The quantitative estimate of drug-likeness (QED) is 0.848. The van der Waals surface area contributed by atoms with Gasteiger partial charge in [0.15, 0.2) is 0 Å². The predicted molar refractivity (Wildman–Crippen MR) is 80.0 cm³/mol. The number of nitrogens with zero attached hydrogens (tertiary/aromatic N) is 1. The number of rotatable bonds is 3. The third-order valence-corrected chi connectivity index (χ3v) is 5.54. The van der Waals surface area contributed by atoms with Crippen LogP contribution >= 0.6 is 15.9 Å². The first-order valence-corrected chi connectivity index (χ1v) is 8.25. The van der Waals surface area contributed by atoms with E-state index in [2.05, 4.69) is 15.9 Å². The van der Waals surface area contributed by atoms with Crippen LogP contribution in [0.25, 0.3) is 0 Å². The van der Waals surface area contributed by atoms with Gasteiger partial charge in [0.25, 0.3) is 10.0 Å². The zero-order chi connectivity index (χ0) is 14.2. The van der Waals surface area contributed by atoms with Crippen LogP contribution in [0.15, 0.2) is 46.0 Å². The average Bonchev–Trinajstić information content (AvgIpc) is 2.73. The van der Waals surface area contributed by atoms with Crippen molar-refractivity contribution < 1.29 is 8.42 Å². The minimum absolute atomic E-state index is 0.283. The van der Waals surface area contributed by atoms with Crippen LogP contribution in [-0.2, 0) is 10.0 Å². The Hall–Kier alpha value is -1.07. The zero-order valence-electron chi connectivity index (χ0n) is 11.1. The fourth-order valence-corrected chi connectivity index (χ4v) is 3.95. The maximum Gasteiger partial charge on any atom is 0.268 e. The van der Waals surface area contributed by atoms with Crippen molar-refractivity contribution in [2.45, 2.75) is 31.6 Å². The van der Waals surface area contributed by atoms with E-state index in [-0.39, 0.29) is 5.92 Å². The van der Waals surface area contributed by atoms with E-state index in [0.717, 1.165) is 11.1 Å². The normalized spacial score (nSPS) is 12.1. The van der Waals surface area contributed by atoms with Crippen LogP contribution < -0.4 is 0 Å². The van der Waals surface area contributed by atoms with Gasteiger partial charge in [0.2, 0.25) is 0 Å². The number of hydrogen-bond acceptors (Lipinski definition) is 2. The Labute approximate surface area is 122 Å². The number of hydrogen-bond donors (Lipinski definition) is 0. The highest BCUT2D eigenvalue weighted by Crippen LogP contribution is 2.26. The van der Waals surface area contributed by atoms with Crippen LogP contribution in [-0.4, -0.2) is 12.4 Å². The van der Waals surface area contributed by atoms with Crippen LogP contribution in [0.1, 0.15) is 30.9 Å². The highest BCUT2D eigenvalue weighted by molar-refractivity contribution is 9.10. The van der Waals surface area contributed by atoms with Crippen LogP contribution in [0.5, 0.6) is 0 Å². The summed E-state index contributed by atoms with van der Waals surface area (Å²) in [5.74, 6) is 0.283. The summed E-state index contributed by atoms with van der Waals surface area (Å²) in [6.07, 6.45) is 1.67. The highest BCUT2D eigenvalue weighted by atomic mass is 79.9. The molecule has 1 aromatic heterocycles. The summed E-state index contributed by atoms with van der Waals surface area (Å²) in [6.45, 7) is 5.99. The van der Waals surface area contributed by atoms with Gasteiger partial charge in [0.1, 0.15) is 4.60 Å². The van der Waals surface area contributed by atoms with Crippen LogP contribution in [0, 0.1) is 6.92 Å². The first-order chi connectivity index (χ1) is 8.82. The van der Waals surface area contributed by atoms with Gasteiger partial charge in [-0.3, -0.25) is 0 Å². The lowest BCUT2D eigenvalue weighted by Gasteiger charge is -2.07. The molecular weight excluding hydrogens is 326 g/mol. The number of aromatic nitrogens is 1. The Morgan fingerprint density at radius 2 is 1.74 bits per heavy atom. The molecule has 0 N–H and O–H groups in total. The van der Waals surface area contributed by atoms with Crippen molar-refractivity contribution in [3.63, 3.8) is 0 Å². The van der Waals surface area contributed by atoms with E-state index in [0.29, 0.717) is 9.50 Å². The Balaban J connectivity index is 2.53. The van der Waals surface area contributed by atoms with Crippen molar-refractivity contribution in [3.05, 3.63) is 52.3 Å². The molecule has 0 aliphatic heterocycles. The number of benzene rings is 1. The van der Waals surface area contributed by atoms with Gasteiger partial charge in [-0.15, -0.1) is 0 Å². The molecule has 3 nitrogen and oxygen atoms in total. The molecule has 1 heterocycles. The molecule has 0 unspecified atom stereocenters. The number of aryl methyl sites for hydroxylation is 1. The second-order valence-electron chi connectivity index (χ2n) is 4.86. The molecular formula is C14H16BrNO2S. The van der Waals surface area contributed by atoms with Gasteiger partial charge in [0.05, 0.1) is 4.90 Å². The summed E-state index contributed by atoms with van der Waals surface area (Å²) in [4.78, 5) is 0.296. The molecule has 5 heteroatoms. The second-order valence-corrected chi connectivity index (χ2v) is 7.49. The van der Waals surface area contributed by atoms with Crippen molar-refractivity contribution in [2.75, 3.05) is 0 Å². The van der Waals surface area contributed by atoms with Crippen molar-refractivity contribution in [3.8, 4) is 0 Å². The van der Waals surface area contributed by atoms with Crippen molar-refractivity contribution >= 4 is 26.0 Å². The number of halogens is 1. The van der Waals surface area contributed by atoms with E-state index >= 15 is 0 Å². The highest BCUT2D eigenvalue weighted by Gasteiger charge is 2.20. The topological polar surface area (TPSA) is 39.1 Å². The van der Waals surface area contributed by atoms with E-state index in [1.165, 1.54) is 3.97 Å². The second kappa shape index (κ2) is 5.13. The third kappa shape index (κ3) is 2.77. The van der Waals surface area contributed by atoms with Crippen molar-refractivity contribution in [1.29, 1.82) is 0 Å². The molecule has 0 bridgehead atoms. The summed E-state index contributed by atoms with van der Waals surface area (Å²) < 4.78 is 26.9. The first kappa shape index (κ1) is 14.3. The molecule has 19 heavy (non-hydrogen) atoms. The molecule has 102 valence electrons. The fourth-order valence-electron chi connectivity index (χ4n) is 1.76. The Bertz CT molecular complexity index is 685. The summed E-state index contributed by atoms with van der Waals surface area (Å²) >= 11 is 3.32. The van der Waals surface area contributed by atoms with Crippen LogP contribution in [0.3, 0.4) is 0 Å². The molecule has 0 saturated carbocycles. The molecule has 2 rings (SSSR count). The molecule has 0 fully saturated rings. The molecule has 1 aromatic carbocycles. The molecule has 0 amide bonds. The Kier molecular flexibility index (Phi) is 3.87. The monoisotopic (exact) mass is 341 g/mol. The Morgan fingerprint density at radius 3 is 2.21 bits per heavy atom. The minimum Gasteiger partial charge on any atom is -0.235 e. The summed E-state index contributed by atoms with van der Waals surface area (Å²) in [7, 11) is -3.53. The van der Waals surface area contributed by atoms with E-state index in [9.17, 15) is 8.42 Å². The van der Waals surface area contributed by atoms with Gasteiger partial charge in [0, 0.05) is 6.20 Å². The van der Waals surface area contributed by atoms with Crippen molar-refractivity contribution in [2.24, 2.45) is 0 Å².